The van der Waals surface area contributed by atoms with Gasteiger partial charge >= 0.3 is 6.18 Å². The molecule has 9 rings (SSSR count). The Balaban J connectivity index is 1.13. The van der Waals surface area contributed by atoms with E-state index in [0.29, 0.717) is 38.0 Å². The molecule has 2 fully saturated rings. The van der Waals surface area contributed by atoms with Crippen LogP contribution in [0.2, 0.25) is 0 Å². The van der Waals surface area contributed by atoms with Gasteiger partial charge in [0.25, 0.3) is 5.92 Å². The SMILES string of the molecule is Cc1cc(-c2cc3sc(-c4ccc(N5CCNCC5)cc4)nc3nc2C(Cc2cc(F)cc(F)c2)NC(=O)Cn2nc(C(F)(F)F)c3c2C(F)(F)C2C3[C@H]2C)ccc1CNC=O. The Morgan fingerprint density at radius 1 is 1.00 bits per heavy atom. The predicted molar refractivity (Wildman–Crippen MR) is 218 cm³/mol. The number of aryl methyl sites for hydroxylation is 1. The number of nitrogens with zero attached hydrogens (tertiary/aromatic N) is 5. The van der Waals surface area contributed by atoms with Crippen LogP contribution in [0.1, 0.15) is 58.2 Å². The number of hydrogen-bond acceptors (Lipinski definition) is 8. The Kier molecular flexibility index (Phi) is 10.6. The average Bonchev–Trinajstić information content (AvgIpc) is 3.47. The van der Waals surface area contributed by atoms with Crippen molar-refractivity contribution in [2.45, 2.75) is 57.4 Å². The molecule has 4 atom stereocenters. The zero-order chi connectivity index (χ0) is 43.7. The second kappa shape index (κ2) is 15.8. The zero-order valence-electron chi connectivity index (χ0n) is 33.3. The van der Waals surface area contributed by atoms with Gasteiger partial charge in [0.1, 0.15) is 28.9 Å². The summed E-state index contributed by atoms with van der Waals surface area (Å²) in [7, 11) is 0. The van der Waals surface area contributed by atoms with E-state index in [1.54, 1.807) is 6.07 Å². The second-order valence-corrected chi connectivity index (χ2v) is 17.1. The van der Waals surface area contributed by atoms with Crippen molar-refractivity contribution in [3.8, 4) is 21.7 Å². The van der Waals surface area contributed by atoms with Gasteiger partial charge in [0.2, 0.25) is 12.3 Å². The highest BCUT2D eigenvalue weighted by Gasteiger charge is 2.72. The number of carbonyl (C=O) groups is 2. The minimum Gasteiger partial charge on any atom is -0.369 e. The van der Waals surface area contributed by atoms with E-state index in [4.69, 9.17) is 9.97 Å². The number of aromatic nitrogens is 4. The van der Waals surface area contributed by atoms with Crippen LogP contribution in [-0.4, -0.2) is 58.2 Å². The van der Waals surface area contributed by atoms with Gasteiger partial charge in [-0.3, -0.25) is 14.3 Å². The molecule has 3 aromatic heterocycles. The lowest BCUT2D eigenvalue weighted by atomic mass is 9.93. The van der Waals surface area contributed by atoms with Gasteiger partial charge < -0.3 is 20.9 Å². The molecule has 2 aliphatic carbocycles. The highest BCUT2D eigenvalue weighted by Crippen LogP contribution is 2.71. The fraction of sp³-hybridized carbons (Fsp3) is 0.341. The molecule has 10 nitrogen and oxygen atoms in total. The number of alkyl halides is 5. The quantitative estimate of drug-likeness (QED) is 0.0843. The normalized spacial score (nSPS) is 19.6. The molecule has 0 radical (unpaired) electrons. The van der Waals surface area contributed by atoms with Gasteiger partial charge in [-0.1, -0.05) is 25.1 Å². The third-order valence-corrected chi connectivity index (χ3v) is 13.1. The highest BCUT2D eigenvalue weighted by atomic mass is 32.1. The molecule has 0 bridgehead atoms. The maximum absolute atomic E-state index is 15.7. The number of benzene rings is 3. The number of thiazole rings is 1. The summed E-state index contributed by atoms with van der Waals surface area (Å²) in [6.45, 7) is 6.05. The van der Waals surface area contributed by atoms with Crippen molar-refractivity contribution >= 4 is 39.7 Å². The van der Waals surface area contributed by atoms with Gasteiger partial charge in [-0.05, 0) is 84.0 Å². The lowest BCUT2D eigenvalue weighted by molar-refractivity contribution is -0.142. The number of halogens is 7. The number of rotatable bonds is 12. The maximum Gasteiger partial charge on any atom is 0.435 e. The molecular formula is C44H39F7N8O2S. The molecule has 6 aromatic rings. The summed E-state index contributed by atoms with van der Waals surface area (Å²) < 4.78 is 105. The Morgan fingerprint density at radius 2 is 1.71 bits per heavy atom. The number of pyridine rings is 1. The first-order valence-electron chi connectivity index (χ1n) is 20.1. The van der Waals surface area contributed by atoms with Crippen molar-refractivity contribution in [2.75, 3.05) is 31.1 Å². The van der Waals surface area contributed by atoms with Crippen LogP contribution in [0, 0.1) is 30.4 Å². The molecule has 62 heavy (non-hydrogen) atoms. The van der Waals surface area contributed by atoms with Gasteiger partial charge in [-0.25, -0.2) is 18.7 Å². The van der Waals surface area contributed by atoms with Crippen molar-refractivity contribution in [3.05, 3.63) is 118 Å². The molecule has 3 aromatic carbocycles. The van der Waals surface area contributed by atoms with E-state index in [2.05, 4.69) is 25.9 Å². The summed E-state index contributed by atoms with van der Waals surface area (Å²) in [5.41, 5.74) is 2.23. The predicted octanol–water partition coefficient (Wildman–Crippen LogP) is 8.04. The van der Waals surface area contributed by atoms with Crippen LogP contribution in [-0.2, 0) is 41.2 Å². The number of anilines is 1. The Hall–Kier alpha value is -5.88. The van der Waals surface area contributed by atoms with Gasteiger partial charge in [0, 0.05) is 73.0 Å². The largest absolute Gasteiger partial charge is 0.435 e. The lowest BCUT2D eigenvalue weighted by Gasteiger charge is -2.29. The van der Waals surface area contributed by atoms with Gasteiger partial charge in [0.15, 0.2) is 11.3 Å². The van der Waals surface area contributed by atoms with Crippen LogP contribution in [0.15, 0.2) is 66.7 Å². The van der Waals surface area contributed by atoms with E-state index < -0.39 is 76.9 Å². The molecule has 322 valence electrons. The van der Waals surface area contributed by atoms with Crippen molar-refractivity contribution in [2.24, 2.45) is 11.8 Å². The Morgan fingerprint density at radius 3 is 2.39 bits per heavy atom. The van der Waals surface area contributed by atoms with Crippen LogP contribution in [0.4, 0.5) is 36.4 Å². The number of nitrogens with one attached hydrogen (secondary N) is 3. The van der Waals surface area contributed by atoms with Crippen molar-refractivity contribution < 1.29 is 40.3 Å². The van der Waals surface area contributed by atoms with Crippen LogP contribution < -0.4 is 20.9 Å². The first kappa shape index (κ1) is 41.5. The van der Waals surface area contributed by atoms with E-state index in [0.717, 1.165) is 60.7 Å². The maximum atomic E-state index is 15.7. The summed E-state index contributed by atoms with van der Waals surface area (Å²) >= 11 is 1.38. The fourth-order valence-electron chi connectivity index (χ4n) is 9.09. The molecule has 3 unspecified atom stereocenters. The molecule has 1 saturated heterocycles. The highest BCUT2D eigenvalue weighted by molar-refractivity contribution is 7.21. The van der Waals surface area contributed by atoms with E-state index >= 15 is 8.78 Å². The number of piperazine rings is 1. The van der Waals surface area contributed by atoms with Crippen LogP contribution in [0.5, 0.6) is 0 Å². The molecule has 3 N–H and O–H groups in total. The van der Waals surface area contributed by atoms with Crippen LogP contribution in [0.3, 0.4) is 0 Å². The van der Waals surface area contributed by atoms with Gasteiger partial charge in [0.05, 0.1) is 16.4 Å². The van der Waals surface area contributed by atoms with Gasteiger partial charge in [-0.2, -0.15) is 27.1 Å². The van der Waals surface area contributed by atoms with E-state index in [1.165, 1.54) is 18.3 Å². The van der Waals surface area contributed by atoms with E-state index in [1.807, 2.05) is 49.4 Å². The molecule has 2 amide bonds. The summed E-state index contributed by atoms with van der Waals surface area (Å²) in [4.78, 5) is 37.2. The Bertz CT molecular complexity index is 2690. The second-order valence-electron chi connectivity index (χ2n) is 16.1. The van der Waals surface area contributed by atoms with Crippen molar-refractivity contribution in [1.82, 2.24) is 35.7 Å². The molecular weight excluding hydrogens is 838 g/mol. The third-order valence-electron chi connectivity index (χ3n) is 12.1. The van der Waals surface area contributed by atoms with Crippen molar-refractivity contribution in [3.63, 3.8) is 0 Å². The smallest absolute Gasteiger partial charge is 0.369 e. The fourth-order valence-corrected chi connectivity index (χ4v) is 10.0. The monoisotopic (exact) mass is 876 g/mol. The standard InChI is InChI=1S/C44H39F7N8O2S/c1-22-13-26(3-4-27(22)19-53-21-60)31-18-33-41(56-42(62-33)25-5-7-30(8-6-25)58-11-9-52-10-12-58)55-38(31)32(16-24-14-28(45)17-29(46)15-24)54-34(61)20-59-40-36(39(57-59)44(49,50)51)35-23(2)37(35)43(40,47)48/h3-8,13-15,17-18,21,23,32,35,37,52H,9-12,16,19-20H2,1-2H3,(H,53,60)(H,54,61)/t23-,32?,35?,37?/m1/s1. The topological polar surface area (TPSA) is 117 Å². The first-order valence-corrected chi connectivity index (χ1v) is 20.9. The minimum absolute atomic E-state index is 0.107. The lowest BCUT2D eigenvalue weighted by Crippen LogP contribution is -2.43. The van der Waals surface area contributed by atoms with Crippen LogP contribution in [0.25, 0.3) is 32.0 Å². The minimum atomic E-state index is -5.05. The number of fused-ring (bicyclic) bond motifs is 4. The summed E-state index contributed by atoms with van der Waals surface area (Å²) in [6.07, 6.45) is -4.73. The summed E-state index contributed by atoms with van der Waals surface area (Å²) in [6, 6.07) is 16.9. The third kappa shape index (κ3) is 7.67. The molecule has 3 aliphatic rings. The number of hydrogen-bond donors (Lipinski definition) is 3. The number of carbonyl (C=O) groups excluding carboxylic acids is 2. The summed E-state index contributed by atoms with van der Waals surface area (Å²) in [5, 5.41) is 12.9. The van der Waals surface area contributed by atoms with E-state index in [9.17, 15) is 31.5 Å². The zero-order valence-corrected chi connectivity index (χ0v) is 34.1. The van der Waals surface area contributed by atoms with Gasteiger partial charge in [-0.15, -0.1) is 11.3 Å². The van der Waals surface area contributed by atoms with E-state index in [-0.39, 0.29) is 29.9 Å². The van der Waals surface area contributed by atoms with Crippen LogP contribution >= 0.6 is 11.3 Å². The first-order chi connectivity index (χ1) is 29.6. The molecule has 1 saturated carbocycles. The average molecular weight is 877 g/mol. The number of amides is 2. The summed E-state index contributed by atoms with van der Waals surface area (Å²) in [5.74, 6) is -9.50. The molecule has 18 heteroatoms. The molecule has 1 aliphatic heterocycles. The Labute approximate surface area is 354 Å². The molecule has 0 spiro atoms. The molecule has 4 heterocycles. The van der Waals surface area contributed by atoms with Crippen molar-refractivity contribution in [1.29, 1.82) is 0 Å².